The topological polar surface area (TPSA) is 40.9 Å². The number of hydrogen-bond donors (Lipinski definition) is 0. The van der Waals surface area contributed by atoms with Crippen LogP contribution in [0.1, 0.15) is 19.0 Å². The molecule has 0 spiro atoms. The fourth-order valence-corrected chi connectivity index (χ4v) is 1.24. The molecule has 2 nitrogen and oxygen atoms in total. The summed E-state index contributed by atoms with van der Waals surface area (Å²) in [5.41, 5.74) is -0.509. The number of benzene rings is 1. The van der Waals surface area contributed by atoms with E-state index in [0.717, 1.165) is 12.1 Å². The minimum atomic E-state index is -4.41. The van der Waals surface area contributed by atoms with E-state index < -0.39 is 11.7 Å². The van der Waals surface area contributed by atoms with E-state index in [1.165, 1.54) is 12.1 Å². The number of halogens is 3. The molecule has 0 saturated carbocycles. The zero-order chi connectivity index (χ0) is 12.2. The monoisotopic (exact) mass is 251 g/mol. The molecule has 0 saturated heterocycles. The van der Waals surface area contributed by atoms with Crippen molar-refractivity contribution in [3.63, 3.8) is 0 Å². The Balaban J connectivity index is 0. The van der Waals surface area contributed by atoms with E-state index in [9.17, 15) is 18.0 Å². The van der Waals surface area contributed by atoms with Crippen LogP contribution in [-0.2, 0) is 17.4 Å². The van der Waals surface area contributed by atoms with Crippen LogP contribution in [0, 0.1) is 11.3 Å². The first-order chi connectivity index (χ1) is 7.43. The van der Waals surface area contributed by atoms with Gasteiger partial charge in [0.2, 0.25) is 0 Å². The summed E-state index contributed by atoms with van der Waals surface area (Å²) in [4.78, 5) is 11.1. The molecule has 0 amide bonds. The Labute approximate surface area is 120 Å². The summed E-state index contributed by atoms with van der Waals surface area (Å²) >= 11 is 0. The van der Waals surface area contributed by atoms with Gasteiger partial charge in [-0.2, -0.15) is 18.4 Å². The van der Waals surface area contributed by atoms with Crippen LogP contribution in [0.4, 0.5) is 13.2 Å². The van der Waals surface area contributed by atoms with Crippen LogP contribution in [0.15, 0.2) is 24.3 Å². The normalized spacial score (nSPS) is 10.2. The molecule has 0 unspecified atom stereocenters. The van der Waals surface area contributed by atoms with Crippen LogP contribution in [0.5, 0.6) is 0 Å². The first kappa shape index (κ1) is 16.2. The number of carbonyl (C=O) groups excluding carboxylic acids is 1. The molecule has 0 fully saturated rings. The Bertz CT molecular complexity index is 443. The smallest absolute Gasteiger partial charge is 1.00 e. The molecule has 0 aliphatic carbocycles. The van der Waals surface area contributed by atoms with Gasteiger partial charge in [-0.05, 0) is 11.6 Å². The molecular weight excluding hydrogens is 242 g/mol. The van der Waals surface area contributed by atoms with Crippen molar-refractivity contribution in [2.75, 3.05) is 0 Å². The molecule has 6 heteroatoms. The van der Waals surface area contributed by atoms with Crippen LogP contribution in [0.25, 0.3) is 0 Å². The largest absolute Gasteiger partial charge is 1.00 e. The molecule has 0 atom stereocenters. The molecule has 0 aromatic heterocycles. The molecule has 0 heterocycles. The van der Waals surface area contributed by atoms with Crippen LogP contribution >= 0.6 is 0 Å². The van der Waals surface area contributed by atoms with Gasteiger partial charge in [0.1, 0.15) is 0 Å². The Hall–Kier alpha value is -0.830. The van der Waals surface area contributed by atoms with Gasteiger partial charge in [-0.3, -0.25) is 4.79 Å². The van der Waals surface area contributed by atoms with E-state index in [1.54, 1.807) is 6.07 Å². The summed E-state index contributed by atoms with van der Waals surface area (Å²) in [7, 11) is 0. The summed E-state index contributed by atoms with van der Waals surface area (Å²) in [5.74, 6) is -0.387. The van der Waals surface area contributed by atoms with E-state index in [4.69, 9.17) is 5.26 Å². The van der Waals surface area contributed by atoms with Gasteiger partial charge in [-0.25, -0.2) is 0 Å². The van der Waals surface area contributed by atoms with Crippen molar-refractivity contribution in [2.24, 2.45) is 0 Å². The van der Waals surface area contributed by atoms with Crippen LogP contribution in [0.2, 0.25) is 0 Å². The first-order valence-corrected chi connectivity index (χ1v) is 4.48. The van der Waals surface area contributed by atoms with Gasteiger partial charge in [-0.1, -0.05) is 18.2 Å². The average Bonchev–Trinajstić information content (AvgIpc) is 2.17. The van der Waals surface area contributed by atoms with E-state index in [-0.39, 0.29) is 55.2 Å². The van der Waals surface area contributed by atoms with Crippen molar-refractivity contribution in [1.82, 2.24) is 0 Å². The molecule has 0 N–H and O–H groups in total. The second kappa shape index (κ2) is 6.80. The number of Topliss-reactive ketones (excluding diaryl/α,β-unsaturated/α-hetero) is 1. The van der Waals surface area contributed by atoms with E-state index >= 15 is 0 Å². The number of nitriles is 1. The van der Waals surface area contributed by atoms with Crippen molar-refractivity contribution in [3.05, 3.63) is 35.4 Å². The van der Waals surface area contributed by atoms with Crippen molar-refractivity contribution in [1.29, 1.82) is 5.26 Å². The van der Waals surface area contributed by atoms with Crippen LogP contribution < -0.4 is 29.6 Å². The van der Waals surface area contributed by atoms with Gasteiger partial charge in [0.15, 0.2) is 5.78 Å². The predicted octanol–water partition coefficient (Wildman–Crippen LogP) is -0.153. The number of nitrogens with zero attached hydrogens (tertiary/aromatic N) is 1. The maximum absolute atomic E-state index is 12.3. The minimum Gasteiger partial charge on any atom is -1.00 e. The third-order valence-corrected chi connectivity index (χ3v) is 1.93. The molecule has 1 rings (SSSR count). The van der Waals surface area contributed by atoms with Gasteiger partial charge < -0.3 is 1.43 Å². The summed E-state index contributed by atoms with van der Waals surface area (Å²) in [6.45, 7) is 0. The maximum atomic E-state index is 12.3. The fraction of sp³-hybridized carbons (Fsp3) is 0.273. The Morgan fingerprint density at radius 2 is 2.06 bits per heavy atom. The molecule has 0 radical (unpaired) electrons. The van der Waals surface area contributed by atoms with Gasteiger partial charge in [0.05, 0.1) is 18.1 Å². The van der Waals surface area contributed by atoms with E-state index in [0.29, 0.717) is 0 Å². The third-order valence-electron chi connectivity index (χ3n) is 1.93. The fourth-order valence-electron chi connectivity index (χ4n) is 1.24. The summed E-state index contributed by atoms with van der Waals surface area (Å²) in [6, 6.07) is 6.21. The quantitative estimate of drug-likeness (QED) is 0.701. The molecule has 0 aliphatic rings. The standard InChI is InChI=1S/C11H8F3NO.Na.H/c12-11(13,14)9-3-1-2-8(6-9)7-10(16)4-5-15;;/h1-3,6H,4,7H2;;/q;+1;-1. The average molecular weight is 251 g/mol. The summed E-state index contributed by atoms with van der Waals surface area (Å²) in [5, 5.41) is 8.25. The third kappa shape index (κ3) is 5.35. The number of ketones is 1. The first-order valence-electron chi connectivity index (χ1n) is 4.48. The molecule has 86 valence electrons. The zero-order valence-corrected chi connectivity index (χ0v) is 11.2. The van der Waals surface area contributed by atoms with Crippen molar-refractivity contribution >= 4 is 5.78 Å². The number of rotatable bonds is 3. The number of carbonyl (C=O) groups is 1. The zero-order valence-electron chi connectivity index (χ0n) is 10.2. The van der Waals surface area contributed by atoms with Crippen molar-refractivity contribution in [2.45, 2.75) is 19.0 Å². The Morgan fingerprint density at radius 3 is 2.59 bits per heavy atom. The number of alkyl halides is 3. The second-order valence-corrected chi connectivity index (χ2v) is 3.25. The molecule has 0 bridgehead atoms. The Kier molecular flexibility index (Phi) is 6.46. The second-order valence-electron chi connectivity index (χ2n) is 3.25. The SMILES string of the molecule is N#CCC(=O)Cc1cccc(C(F)(F)F)c1.[H-].[Na+]. The minimum absolute atomic E-state index is 0. The van der Waals surface area contributed by atoms with Crippen molar-refractivity contribution < 1.29 is 48.9 Å². The predicted molar refractivity (Wildman–Crippen MR) is 51.5 cm³/mol. The van der Waals surface area contributed by atoms with Gasteiger partial charge in [-0.15, -0.1) is 0 Å². The van der Waals surface area contributed by atoms with Gasteiger partial charge in [0.25, 0.3) is 0 Å². The van der Waals surface area contributed by atoms with Crippen molar-refractivity contribution in [3.8, 4) is 6.07 Å². The number of hydrogen-bond acceptors (Lipinski definition) is 2. The van der Waals surface area contributed by atoms with Gasteiger partial charge >= 0.3 is 35.7 Å². The molecule has 17 heavy (non-hydrogen) atoms. The Morgan fingerprint density at radius 1 is 1.41 bits per heavy atom. The molecular formula is C11H9F3NNaO. The molecule has 1 aromatic rings. The van der Waals surface area contributed by atoms with Crippen LogP contribution in [0.3, 0.4) is 0 Å². The summed E-state index contributed by atoms with van der Waals surface area (Å²) in [6.07, 6.45) is -4.83. The van der Waals surface area contributed by atoms with E-state index in [1.807, 2.05) is 0 Å². The maximum Gasteiger partial charge on any atom is 1.00 e. The summed E-state index contributed by atoms with van der Waals surface area (Å²) < 4.78 is 36.9. The molecule has 1 aromatic carbocycles. The van der Waals surface area contributed by atoms with Gasteiger partial charge in [0, 0.05) is 6.42 Å². The molecule has 0 aliphatic heterocycles. The van der Waals surface area contributed by atoms with Crippen LogP contribution in [-0.4, -0.2) is 5.78 Å². The van der Waals surface area contributed by atoms with E-state index in [2.05, 4.69) is 0 Å².